The molecule has 1 saturated heterocycles. The van der Waals surface area contributed by atoms with E-state index < -0.39 is 6.10 Å². The lowest BCUT2D eigenvalue weighted by atomic mass is 10.2. The fourth-order valence-corrected chi connectivity index (χ4v) is 3.47. The van der Waals surface area contributed by atoms with Crippen molar-refractivity contribution < 1.29 is 28.6 Å². The smallest absolute Gasteiger partial charge is 0.276 e. The summed E-state index contributed by atoms with van der Waals surface area (Å²) in [6, 6.07) is 5.41. The molecule has 1 aliphatic heterocycles. The minimum Gasteiger partial charge on any atom is -0.493 e. The van der Waals surface area contributed by atoms with Crippen molar-refractivity contribution in [2.75, 3.05) is 52.8 Å². The maximum atomic E-state index is 10.2. The van der Waals surface area contributed by atoms with Crippen LogP contribution in [0.1, 0.15) is 0 Å². The number of nitrogens with one attached hydrogen (secondary N) is 1. The topological polar surface area (TPSA) is 91.3 Å². The maximum Gasteiger partial charge on any atom is 0.276 e. The second kappa shape index (κ2) is 9.22. The van der Waals surface area contributed by atoms with Gasteiger partial charge in [0, 0.05) is 11.3 Å². The quantitative estimate of drug-likeness (QED) is 0.623. The predicted octanol–water partition coefficient (Wildman–Crippen LogP) is 0.122. The summed E-state index contributed by atoms with van der Waals surface area (Å²) in [7, 11) is 3.16. The van der Waals surface area contributed by atoms with E-state index in [-0.39, 0.29) is 0 Å². The fraction of sp³-hybridized carbons (Fsp3) is 0.529. The molecule has 2 N–H and O–H groups in total. The van der Waals surface area contributed by atoms with Gasteiger partial charge in [-0.15, -0.1) is 10.2 Å². The minimum atomic E-state index is -0.426. The van der Waals surface area contributed by atoms with Crippen LogP contribution in [0.3, 0.4) is 0 Å². The molecule has 2 aromatic rings. The van der Waals surface area contributed by atoms with Crippen molar-refractivity contribution in [1.82, 2.24) is 10.2 Å². The Balaban J connectivity index is 1.56. The third-order valence-electron chi connectivity index (χ3n) is 4.16. The van der Waals surface area contributed by atoms with Crippen LogP contribution < -0.4 is 14.4 Å². The average molecular weight is 382 g/mol. The second-order valence-corrected chi connectivity index (χ2v) is 6.95. The van der Waals surface area contributed by atoms with Gasteiger partial charge in [-0.2, -0.15) is 0 Å². The predicted molar refractivity (Wildman–Crippen MR) is 96.0 cm³/mol. The van der Waals surface area contributed by atoms with Crippen molar-refractivity contribution in [3.8, 4) is 23.0 Å². The summed E-state index contributed by atoms with van der Waals surface area (Å²) in [5.74, 6) is 2.15. The molecule has 8 nitrogen and oxygen atoms in total. The van der Waals surface area contributed by atoms with Crippen molar-refractivity contribution >= 4 is 11.8 Å². The summed E-state index contributed by atoms with van der Waals surface area (Å²) >= 11 is 1.36. The van der Waals surface area contributed by atoms with Crippen LogP contribution >= 0.6 is 11.8 Å². The van der Waals surface area contributed by atoms with Crippen LogP contribution in [-0.2, 0) is 4.74 Å². The highest BCUT2D eigenvalue weighted by Crippen LogP contribution is 2.32. The highest BCUT2D eigenvalue weighted by atomic mass is 32.2. The van der Waals surface area contributed by atoms with Gasteiger partial charge in [-0.05, 0) is 18.2 Å². The number of nitrogens with zero attached hydrogens (tertiary/aromatic N) is 2. The number of aliphatic hydroxyl groups is 1. The van der Waals surface area contributed by atoms with E-state index in [4.69, 9.17) is 18.6 Å². The summed E-state index contributed by atoms with van der Waals surface area (Å²) < 4.78 is 21.5. The summed E-state index contributed by atoms with van der Waals surface area (Å²) in [5.41, 5.74) is 0.750. The van der Waals surface area contributed by atoms with Crippen LogP contribution in [0.15, 0.2) is 27.8 Å². The van der Waals surface area contributed by atoms with E-state index in [0.29, 0.717) is 34.9 Å². The lowest BCUT2D eigenvalue weighted by Crippen LogP contribution is -3.15. The van der Waals surface area contributed by atoms with E-state index >= 15 is 0 Å². The number of hydrogen-bond acceptors (Lipinski definition) is 8. The highest BCUT2D eigenvalue weighted by molar-refractivity contribution is 7.99. The van der Waals surface area contributed by atoms with E-state index in [9.17, 15) is 5.11 Å². The Morgan fingerprint density at radius 3 is 2.69 bits per heavy atom. The van der Waals surface area contributed by atoms with Gasteiger partial charge in [0.2, 0.25) is 5.89 Å². The first-order chi connectivity index (χ1) is 12.7. The summed E-state index contributed by atoms with van der Waals surface area (Å²) in [6.45, 7) is 4.09. The molecule has 0 unspecified atom stereocenters. The molecule has 1 atom stereocenters. The number of ether oxygens (including phenoxy) is 3. The molecule has 2 heterocycles. The fourth-order valence-electron chi connectivity index (χ4n) is 2.78. The lowest BCUT2D eigenvalue weighted by Gasteiger charge is -2.25. The van der Waals surface area contributed by atoms with E-state index in [1.54, 1.807) is 26.4 Å². The summed E-state index contributed by atoms with van der Waals surface area (Å²) in [6.07, 6.45) is -0.426. The first kappa shape index (κ1) is 19.0. The Morgan fingerprint density at radius 1 is 1.19 bits per heavy atom. The van der Waals surface area contributed by atoms with Gasteiger partial charge in [0.05, 0.1) is 27.4 Å². The zero-order valence-electron chi connectivity index (χ0n) is 14.9. The molecule has 1 fully saturated rings. The number of methoxy groups -OCH3 is 2. The average Bonchev–Trinajstić information content (AvgIpc) is 3.15. The minimum absolute atomic E-state index is 0.404. The van der Waals surface area contributed by atoms with Crippen molar-refractivity contribution in [3.05, 3.63) is 18.2 Å². The Hall–Kier alpha value is -1.81. The van der Waals surface area contributed by atoms with Crippen molar-refractivity contribution in [1.29, 1.82) is 0 Å². The van der Waals surface area contributed by atoms with E-state index in [0.717, 1.165) is 31.9 Å². The highest BCUT2D eigenvalue weighted by Gasteiger charge is 2.19. The Morgan fingerprint density at radius 2 is 1.96 bits per heavy atom. The summed E-state index contributed by atoms with van der Waals surface area (Å²) in [4.78, 5) is 1.36. The molecule has 1 aliphatic rings. The van der Waals surface area contributed by atoms with Gasteiger partial charge in [-0.3, -0.25) is 0 Å². The molecule has 0 spiro atoms. The van der Waals surface area contributed by atoms with Crippen LogP contribution in [0, 0.1) is 0 Å². The van der Waals surface area contributed by atoms with Gasteiger partial charge in [0.15, 0.2) is 11.5 Å². The standard InChI is InChI=1S/C17H23N3O5S/c1-22-14-4-3-12(9-15(14)23-2)16-18-19-17(25-16)26-11-13(21)10-20-5-7-24-8-6-20/h3-4,9,13,21H,5-8,10-11H2,1-2H3/p+1/t13-/m1/s1. The number of aromatic nitrogens is 2. The molecule has 0 saturated carbocycles. The first-order valence-corrected chi connectivity index (χ1v) is 9.46. The van der Waals surface area contributed by atoms with Gasteiger partial charge >= 0.3 is 0 Å². The largest absolute Gasteiger partial charge is 0.493 e. The zero-order chi connectivity index (χ0) is 18.4. The third kappa shape index (κ3) is 4.88. The molecule has 142 valence electrons. The Kier molecular flexibility index (Phi) is 6.73. The van der Waals surface area contributed by atoms with Gasteiger partial charge in [0.1, 0.15) is 25.7 Å². The summed E-state index contributed by atoms with van der Waals surface area (Å²) in [5, 5.41) is 18.8. The molecule has 26 heavy (non-hydrogen) atoms. The molecule has 0 aliphatic carbocycles. The van der Waals surface area contributed by atoms with Crippen LogP contribution in [0.2, 0.25) is 0 Å². The van der Waals surface area contributed by atoms with Crippen LogP contribution in [-0.4, -0.2) is 74.2 Å². The molecular formula is C17H24N3O5S+. The first-order valence-electron chi connectivity index (χ1n) is 8.47. The van der Waals surface area contributed by atoms with Crippen LogP contribution in [0.25, 0.3) is 11.5 Å². The molecule has 3 rings (SSSR count). The number of thioether (sulfide) groups is 1. The molecule has 9 heteroatoms. The molecule has 0 radical (unpaired) electrons. The van der Waals surface area contributed by atoms with Gasteiger partial charge in [-0.1, -0.05) is 11.8 Å². The number of rotatable bonds is 8. The van der Waals surface area contributed by atoms with Gasteiger partial charge < -0.3 is 28.6 Å². The second-order valence-electron chi connectivity index (χ2n) is 5.97. The lowest BCUT2D eigenvalue weighted by molar-refractivity contribution is -0.910. The van der Waals surface area contributed by atoms with Crippen LogP contribution in [0.4, 0.5) is 0 Å². The third-order valence-corrected chi connectivity index (χ3v) is 5.12. The molecule has 0 amide bonds. The molecule has 1 aromatic carbocycles. The zero-order valence-corrected chi connectivity index (χ0v) is 15.8. The molecule has 1 aromatic heterocycles. The van der Waals surface area contributed by atoms with Gasteiger partial charge in [-0.25, -0.2) is 0 Å². The van der Waals surface area contributed by atoms with Crippen molar-refractivity contribution in [2.45, 2.75) is 11.3 Å². The Bertz CT molecular complexity index is 705. The van der Waals surface area contributed by atoms with Crippen LogP contribution in [0.5, 0.6) is 11.5 Å². The van der Waals surface area contributed by atoms with E-state index in [1.807, 2.05) is 6.07 Å². The monoisotopic (exact) mass is 382 g/mol. The Labute approximate surface area is 156 Å². The van der Waals surface area contributed by atoms with E-state index in [2.05, 4.69) is 10.2 Å². The number of morpholine rings is 1. The molecule has 0 bridgehead atoms. The number of hydrogen-bond donors (Lipinski definition) is 2. The van der Waals surface area contributed by atoms with E-state index in [1.165, 1.54) is 16.7 Å². The van der Waals surface area contributed by atoms with Crippen molar-refractivity contribution in [3.63, 3.8) is 0 Å². The maximum absolute atomic E-state index is 10.2. The van der Waals surface area contributed by atoms with Crippen molar-refractivity contribution in [2.24, 2.45) is 0 Å². The van der Waals surface area contributed by atoms with Gasteiger partial charge in [0.25, 0.3) is 5.22 Å². The number of aliphatic hydroxyl groups excluding tert-OH is 1. The number of quaternary nitrogens is 1. The SMILES string of the molecule is COc1ccc(-c2nnc(SC[C@H](O)C[NH+]3CCOCC3)o2)cc1OC. The normalized spacial score (nSPS) is 16.4. The number of benzene rings is 1. The molecular weight excluding hydrogens is 358 g/mol.